The number of ether oxygens (including phenoxy) is 1. The van der Waals surface area contributed by atoms with Crippen LogP contribution in [0, 0.1) is 0 Å². The molecule has 0 aliphatic heterocycles. The number of carbonyl (C=O) groups is 1. The minimum Gasteiger partial charge on any atom is -0.497 e. The van der Waals surface area contributed by atoms with Gasteiger partial charge in [0.15, 0.2) is 0 Å². The van der Waals surface area contributed by atoms with Gasteiger partial charge >= 0.3 is 0 Å². The molecule has 4 heteroatoms. The Hall–Kier alpha value is -2.26. The SMILES string of the molecule is COc1ccc(CCNC(=O)C=Cc2ccccc2Cl)cc1. The molecule has 0 heterocycles. The molecule has 114 valence electrons. The Labute approximate surface area is 135 Å². The van der Waals surface area contributed by atoms with Gasteiger partial charge in [0.25, 0.3) is 0 Å². The van der Waals surface area contributed by atoms with Crippen LogP contribution in [0.25, 0.3) is 6.08 Å². The van der Waals surface area contributed by atoms with Crippen molar-refractivity contribution in [3.8, 4) is 5.75 Å². The summed E-state index contributed by atoms with van der Waals surface area (Å²) >= 11 is 6.02. The topological polar surface area (TPSA) is 38.3 Å². The lowest BCUT2D eigenvalue weighted by molar-refractivity contribution is -0.116. The molecule has 0 saturated heterocycles. The first kappa shape index (κ1) is 16.1. The van der Waals surface area contributed by atoms with Crippen molar-refractivity contribution in [2.45, 2.75) is 6.42 Å². The Kier molecular flexibility index (Phi) is 6.04. The van der Waals surface area contributed by atoms with Crippen molar-refractivity contribution in [1.29, 1.82) is 0 Å². The molecule has 1 N–H and O–H groups in total. The minimum absolute atomic E-state index is 0.131. The van der Waals surface area contributed by atoms with Crippen LogP contribution in [0.15, 0.2) is 54.6 Å². The smallest absolute Gasteiger partial charge is 0.244 e. The number of methoxy groups -OCH3 is 1. The van der Waals surface area contributed by atoms with E-state index in [-0.39, 0.29) is 5.91 Å². The Balaban J connectivity index is 1.79. The number of rotatable bonds is 6. The largest absolute Gasteiger partial charge is 0.497 e. The minimum atomic E-state index is -0.131. The summed E-state index contributed by atoms with van der Waals surface area (Å²) in [4.78, 5) is 11.8. The van der Waals surface area contributed by atoms with Gasteiger partial charge in [0.1, 0.15) is 5.75 Å². The Morgan fingerprint density at radius 2 is 1.91 bits per heavy atom. The summed E-state index contributed by atoms with van der Waals surface area (Å²) in [5.74, 6) is 0.698. The molecule has 0 spiro atoms. The number of halogens is 1. The molecule has 0 saturated carbocycles. The monoisotopic (exact) mass is 315 g/mol. The van der Waals surface area contributed by atoms with Crippen LogP contribution in [0.1, 0.15) is 11.1 Å². The molecule has 0 unspecified atom stereocenters. The zero-order valence-electron chi connectivity index (χ0n) is 12.4. The summed E-state index contributed by atoms with van der Waals surface area (Å²) in [7, 11) is 1.64. The zero-order chi connectivity index (χ0) is 15.8. The lowest BCUT2D eigenvalue weighted by Gasteiger charge is -2.04. The first-order valence-electron chi connectivity index (χ1n) is 7.02. The van der Waals surface area contributed by atoms with E-state index in [4.69, 9.17) is 16.3 Å². The number of carbonyl (C=O) groups excluding carboxylic acids is 1. The molecule has 0 radical (unpaired) electrons. The van der Waals surface area contributed by atoms with Crippen molar-refractivity contribution in [3.63, 3.8) is 0 Å². The highest BCUT2D eigenvalue weighted by atomic mass is 35.5. The number of benzene rings is 2. The van der Waals surface area contributed by atoms with Gasteiger partial charge in [-0.3, -0.25) is 4.79 Å². The third-order valence-electron chi connectivity index (χ3n) is 3.19. The maximum absolute atomic E-state index is 11.8. The van der Waals surface area contributed by atoms with E-state index < -0.39 is 0 Å². The van der Waals surface area contributed by atoms with Crippen molar-refractivity contribution in [2.24, 2.45) is 0 Å². The van der Waals surface area contributed by atoms with Gasteiger partial charge in [-0.1, -0.05) is 41.9 Å². The van der Waals surface area contributed by atoms with Gasteiger partial charge in [-0.25, -0.2) is 0 Å². The second kappa shape index (κ2) is 8.25. The molecule has 0 aliphatic rings. The van der Waals surface area contributed by atoms with Crippen LogP contribution in [0.3, 0.4) is 0 Å². The lowest BCUT2D eigenvalue weighted by atomic mass is 10.1. The van der Waals surface area contributed by atoms with Gasteiger partial charge in [0.05, 0.1) is 7.11 Å². The fourth-order valence-corrected chi connectivity index (χ4v) is 2.16. The molecule has 0 aliphatic carbocycles. The average Bonchev–Trinajstić information content (AvgIpc) is 2.55. The Bertz CT molecular complexity index is 650. The van der Waals surface area contributed by atoms with Crippen molar-refractivity contribution >= 4 is 23.6 Å². The summed E-state index contributed by atoms with van der Waals surface area (Å²) in [5, 5.41) is 3.48. The van der Waals surface area contributed by atoms with Crippen LogP contribution < -0.4 is 10.1 Å². The average molecular weight is 316 g/mol. The molecule has 0 atom stereocenters. The lowest BCUT2D eigenvalue weighted by Crippen LogP contribution is -2.23. The third-order valence-corrected chi connectivity index (χ3v) is 3.54. The summed E-state index contributed by atoms with van der Waals surface area (Å²) in [6.07, 6.45) is 3.98. The number of hydrogen-bond donors (Lipinski definition) is 1. The van der Waals surface area contributed by atoms with Crippen LogP contribution in [0.5, 0.6) is 5.75 Å². The van der Waals surface area contributed by atoms with Gasteiger partial charge in [-0.05, 0) is 41.8 Å². The van der Waals surface area contributed by atoms with E-state index in [0.717, 1.165) is 23.3 Å². The number of amides is 1. The summed E-state index contributed by atoms with van der Waals surface area (Å²) < 4.78 is 5.11. The van der Waals surface area contributed by atoms with Gasteiger partial charge in [-0.15, -0.1) is 0 Å². The first-order valence-corrected chi connectivity index (χ1v) is 7.40. The van der Waals surface area contributed by atoms with Gasteiger partial charge in [0.2, 0.25) is 5.91 Å². The molecule has 22 heavy (non-hydrogen) atoms. The molecule has 3 nitrogen and oxygen atoms in total. The van der Waals surface area contributed by atoms with E-state index in [1.54, 1.807) is 19.3 Å². The molecule has 2 aromatic rings. The molecule has 2 rings (SSSR count). The molecular formula is C18H18ClNO2. The molecular weight excluding hydrogens is 298 g/mol. The van der Waals surface area contributed by atoms with Crippen molar-refractivity contribution in [1.82, 2.24) is 5.32 Å². The molecule has 0 bridgehead atoms. The summed E-state index contributed by atoms with van der Waals surface area (Å²) in [6, 6.07) is 15.2. The van der Waals surface area contributed by atoms with Crippen LogP contribution in [-0.2, 0) is 11.2 Å². The first-order chi connectivity index (χ1) is 10.7. The fourth-order valence-electron chi connectivity index (χ4n) is 1.96. The normalized spacial score (nSPS) is 10.6. The van der Waals surface area contributed by atoms with E-state index in [1.807, 2.05) is 42.5 Å². The number of hydrogen-bond acceptors (Lipinski definition) is 2. The maximum Gasteiger partial charge on any atom is 0.244 e. The highest BCUT2D eigenvalue weighted by molar-refractivity contribution is 6.32. The van der Waals surface area contributed by atoms with Gasteiger partial charge < -0.3 is 10.1 Å². The van der Waals surface area contributed by atoms with E-state index in [2.05, 4.69) is 5.32 Å². The highest BCUT2D eigenvalue weighted by Gasteiger charge is 1.99. The molecule has 1 amide bonds. The standard InChI is InChI=1S/C18H18ClNO2/c1-22-16-9-6-14(7-10-16)12-13-20-18(21)11-8-15-4-2-3-5-17(15)19/h2-11H,12-13H2,1H3,(H,20,21). The van der Waals surface area contributed by atoms with Crippen LogP contribution in [0.4, 0.5) is 0 Å². The van der Waals surface area contributed by atoms with Crippen LogP contribution >= 0.6 is 11.6 Å². The number of nitrogens with one attached hydrogen (secondary N) is 1. The van der Waals surface area contributed by atoms with Crippen molar-refractivity contribution in [2.75, 3.05) is 13.7 Å². The van der Waals surface area contributed by atoms with Gasteiger partial charge in [0, 0.05) is 17.6 Å². The van der Waals surface area contributed by atoms with Crippen molar-refractivity contribution < 1.29 is 9.53 Å². The predicted octanol–water partition coefficient (Wildman–Crippen LogP) is 3.72. The van der Waals surface area contributed by atoms with Gasteiger partial charge in [-0.2, -0.15) is 0 Å². The van der Waals surface area contributed by atoms with E-state index >= 15 is 0 Å². The third kappa shape index (κ3) is 4.93. The summed E-state index contributed by atoms with van der Waals surface area (Å²) in [5.41, 5.74) is 1.98. The Morgan fingerprint density at radius 1 is 1.18 bits per heavy atom. The zero-order valence-corrected chi connectivity index (χ0v) is 13.1. The predicted molar refractivity (Wildman–Crippen MR) is 90.2 cm³/mol. The highest BCUT2D eigenvalue weighted by Crippen LogP contribution is 2.16. The molecule has 0 aromatic heterocycles. The van der Waals surface area contributed by atoms with Crippen LogP contribution in [0.2, 0.25) is 5.02 Å². The van der Waals surface area contributed by atoms with Crippen LogP contribution in [-0.4, -0.2) is 19.6 Å². The second-order valence-electron chi connectivity index (χ2n) is 4.74. The fraction of sp³-hybridized carbons (Fsp3) is 0.167. The second-order valence-corrected chi connectivity index (χ2v) is 5.15. The molecule has 2 aromatic carbocycles. The molecule has 0 fully saturated rings. The maximum atomic E-state index is 11.8. The summed E-state index contributed by atoms with van der Waals surface area (Å²) in [6.45, 7) is 0.581. The van der Waals surface area contributed by atoms with Crippen molar-refractivity contribution in [3.05, 3.63) is 70.8 Å². The van der Waals surface area contributed by atoms with E-state index in [1.165, 1.54) is 6.08 Å². The van der Waals surface area contributed by atoms with E-state index in [0.29, 0.717) is 11.6 Å². The van der Waals surface area contributed by atoms with E-state index in [9.17, 15) is 4.79 Å². The quantitative estimate of drug-likeness (QED) is 0.825. The Morgan fingerprint density at radius 3 is 2.59 bits per heavy atom.